The molecule has 0 aromatic heterocycles. The molecule has 0 bridgehead atoms. The van der Waals surface area contributed by atoms with E-state index >= 15 is 0 Å². The molecule has 3 heteroatoms. The summed E-state index contributed by atoms with van der Waals surface area (Å²) in [6, 6.07) is 8.69. The maximum atomic E-state index is 8.77. The first-order valence-electron chi connectivity index (χ1n) is 4.36. The molecule has 0 spiro atoms. The molecule has 0 heterocycles. The van der Waals surface area contributed by atoms with Gasteiger partial charge in [0.15, 0.2) is 0 Å². The summed E-state index contributed by atoms with van der Waals surface area (Å²) >= 11 is 0. The zero-order valence-corrected chi connectivity index (χ0v) is 8.18. The van der Waals surface area contributed by atoms with Crippen molar-refractivity contribution in [1.29, 1.82) is 0 Å². The zero-order valence-electron chi connectivity index (χ0n) is 7.36. The summed E-state index contributed by atoms with van der Waals surface area (Å²) in [5.74, 6) is 0. The van der Waals surface area contributed by atoms with Crippen LogP contribution in [-0.2, 0) is 12.8 Å². The van der Waals surface area contributed by atoms with Gasteiger partial charge in [-0.05, 0) is 30.4 Å². The van der Waals surface area contributed by atoms with E-state index in [9.17, 15) is 0 Å². The van der Waals surface area contributed by atoms with Gasteiger partial charge in [0.05, 0.1) is 0 Å². The van der Waals surface area contributed by atoms with Crippen LogP contribution in [0.2, 0.25) is 0 Å². The zero-order chi connectivity index (χ0) is 8.39. The van der Waals surface area contributed by atoms with Crippen LogP contribution in [-0.4, -0.2) is 11.2 Å². The van der Waals surface area contributed by atoms with Crippen LogP contribution in [0.1, 0.15) is 17.5 Å². The normalized spacial score (nSPS) is 20.2. The fourth-order valence-corrected chi connectivity index (χ4v) is 1.81. The Hall–Kier alpha value is -0.570. The molecule has 2 rings (SSSR count). The molecule has 0 aliphatic heterocycles. The molecular weight excluding hydrogens is 186 g/mol. The van der Waals surface area contributed by atoms with Gasteiger partial charge in [-0.15, -0.1) is 12.4 Å². The molecule has 1 aliphatic carbocycles. The first-order chi connectivity index (χ1) is 5.90. The van der Waals surface area contributed by atoms with Gasteiger partial charge in [0, 0.05) is 6.04 Å². The fraction of sp³-hybridized carbons (Fsp3) is 0.400. The van der Waals surface area contributed by atoms with E-state index in [0.29, 0.717) is 0 Å². The Morgan fingerprint density at radius 2 is 1.92 bits per heavy atom. The molecule has 1 aromatic rings. The van der Waals surface area contributed by atoms with Crippen LogP contribution in [0.15, 0.2) is 24.3 Å². The lowest BCUT2D eigenvalue weighted by molar-refractivity contribution is 0.119. The van der Waals surface area contributed by atoms with Gasteiger partial charge in [-0.1, -0.05) is 24.3 Å². The van der Waals surface area contributed by atoms with E-state index in [1.54, 1.807) is 0 Å². The van der Waals surface area contributed by atoms with Crippen LogP contribution < -0.4 is 5.48 Å². The van der Waals surface area contributed by atoms with Crippen molar-refractivity contribution in [2.75, 3.05) is 0 Å². The van der Waals surface area contributed by atoms with Crippen LogP contribution >= 0.6 is 12.4 Å². The predicted octanol–water partition coefficient (Wildman–Crippen LogP) is 1.94. The molecule has 0 saturated heterocycles. The van der Waals surface area contributed by atoms with Crippen LogP contribution in [0, 0.1) is 0 Å². The molecule has 1 atom stereocenters. The number of fused-ring (bicyclic) bond motifs is 1. The molecule has 0 radical (unpaired) electrons. The second-order valence-corrected chi connectivity index (χ2v) is 3.34. The lowest BCUT2D eigenvalue weighted by atomic mass is 9.89. The maximum Gasteiger partial charge on any atom is 0.0363 e. The SMILES string of the molecule is Cl.ONC1CCc2ccccc2C1. The summed E-state index contributed by atoms with van der Waals surface area (Å²) in [6.45, 7) is 0. The highest BCUT2D eigenvalue weighted by Gasteiger charge is 2.16. The summed E-state index contributed by atoms with van der Waals surface area (Å²) in [7, 11) is 0. The highest BCUT2D eigenvalue weighted by molar-refractivity contribution is 5.85. The minimum atomic E-state index is 0. The van der Waals surface area contributed by atoms with Gasteiger partial charge in [0.25, 0.3) is 0 Å². The van der Waals surface area contributed by atoms with Crippen molar-refractivity contribution in [3.63, 3.8) is 0 Å². The summed E-state index contributed by atoms with van der Waals surface area (Å²) < 4.78 is 0. The van der Waals surface area contributed by atoms with Crippen molar-refractivity contribution in [3.05, 3.63) is 35.4 Å². The van der Waals surface area contributed by atoms with E-state index in [-0.39, 0.29) is 18.4 Å². The van der Waals surface area contributed by atoms with Gasteiger partial charge in [-0.2, -0.15) is 0 Å². The lowest BCUT2D eigenvalue weighted by Gasteiger charge is -2.22. The first kappa shape index (κ1) is 10.5. The van der Waals surface area contributed by atoms with Crippen LogP contribution in [0.25, 0.3) is 0 Å². The number of hydroxylamine groups is 1. The van der Waals surface area contributed by atoms with Crippen molar-refractivity contribution in [2.24, 2.45) is 0 Å². The Kier molecular flexibility index (Phi) is 3.72. The smallest absolute Gasteiger partial charge is 0.0363 e. The van der Waals surface area contributed by atoms with Gasteiger partial charge in [0.1, 0.15) is 0 Å². The molecule has 1 aromatic carbocycles. The topological polar surface area (TPSA) is 32.3 Å². The Morgan fingerprint density at radius 1 is 1.23 bits per heavy atom. The van der Waals surface area contributed by atoms with Crippen molar-refractivity contribution >= 4 is 12.4 Å². The number of nitrogens with one attached hydrogen (secondary N) is 1. The largest absolute Gasteiger partial charge is 0.317 e. The molecule has 0 fully saturated rings. The Labute approximate surface area is 84.3 Å². The monoisotopic (exact) mass is 199 g/mol. The Bertz CT molecular complexity index is 277. The van der Waals surface area contributed by atoms with Crippen molar-refractivity contribution in [2.45, 2.75) is 25.3 Å². The third-order valence-corrected chi connectivity index (χ3v) is 2.53. The van der Waals surface area contributed by atoms with Crippen LogP contribution in [0.4, 0.5) is 0 Å². The molecule has 2 nitrogen and oxygen atoms in total. The molecule has 0 saturated carbocycles. The number of aryl methyl sites for hydroxylation is 1. The Balaban J connectivity index is 0.000000845. The summed E-state index contributed by atoms with van der Waals surface area (Å²) in [5.41, 5.74) is 5.15. The second kappa shape index (κ2) is 4.61. The van der Waals surface area contributed by atoms with Gasteiger partial charge in [-0.3, -0.25) is 0 Å². The van der Waals surface area contributed by atoms with E-state index in [4.69, 9.17) is 5.21 Å². The average Bonchev–Trinajstić information content (AvgIpc) is 2.17. The molecule has 1 aliphatic rings. The number of hydrogen-bond donors (Lipinski definition) is 2. The van der Waals surface area contributed by atoms with E-state index in [2.05, 4.69) is 29.7 Å². The third kappa shape index (κ3) is 2.21. The van der Waals surface area contributed by atoms with E-state index in [0.717, 1.165) is 19.3 Å². The Morgan fingerprint density at radius 3 is 2.62 bits per heavy atom. The minimum Gasteiger partial charge on any atom is -0.317 e. The van der Waals surface area contributed by atoms with Crippen molar-refractivity contribution in [3.8, 4) is 0 Å². The maximum absolute atomic E-state index is 8.77. The average molecular weight is 200 g/mol. The van der Waals surface area contributed by atoms with Gasteiger partial charge < -0.3 is 5.21 Å². The summed E-state index contributed by atoms with van der Waals surface area (Å²) in [6.07, 6.45) is 3.06. The number of benzene rings is 1. The van der Waals surface area contributed by atoms with E-state index in [1.807, 2.05) is 0 Å². The molecule has 72 valence electrons. The lowest BCUT2D eigenvalue weighted by Crippen LogP contribution is -2.31. The van der Waals surface area contributed by atoms with Crippen molar-refractivity contribution < 1.29 is 5.21 Å². The number of halogens is 1. The van der Waals surface area contributed by atoms with Crippen LogP contribution in [0.3, 0.4) is 0 Å². The van der Waals surface area contributed by atoms with Crippen molar-refractivity contribution in [1.82, 2.24) is 5.48 Å². The number of hydrogen-bond acceptors (Lipinski definition) is 2. The van der Waals surface area contributed by atoms with Crippen LogP contribution in [0.5, 0.6) is 0 Å². The predicted molar refractivity (Wildman–Crippen MR) is 54.4 cm³/mol. The van der Waals surface area contributed by atoms with E-state index in [1.165, 1.54) is 11.1 Å². The summed E-state index contributed by atoms with van der Waals surface area (Å²) in [4.78, 5) is 0. The third-order valence-electron chi connectivity index (χ3n) is 2.53. The molecular formula is C10H14ClNO. The molecule has 13 heavy (non-hydrogen) atoms. The molecule has 0 amide bonds. The van der Waals surface area contributed by atoms with Gasteiger partial charge in [0.2, 0.25) is 0 Å². The number of rotatable bonds is 1. The highest BCUT2D eigenvalue weighted by atomic mass is 35.5. The highest BCUT2D eigenvalue weighted by Crippen LogP contribution is 2.20. The molecule has 2 N–H and O–H groups in total. The van der Waals surface area contributed by atoms with Gasteiger partial charge in [-0.25, -0.2) is 5.48 Å². The first-order valence-corrected chi connectivity index (χ1v) is 4.36. The van der Waals surface area contributed by atoms with Gasteiger partial charge >= 0.3 is 0 Å². The fourth-order valence-electron chi connectivity index (χ4n) is 1.81. The quantitative estimate of drug-likeness (QED) is 0.678. The molecule has 1 unspecified atom stereocenters. The summed E-state index contributed by atoms with van der Waals surface area (Å²) in [5, 5.41) is 8.77. The minimum absolute atomic E-state index is 0. The van der Waals surface area contributed by atoms with E-state index < -0.39 is 0 Å². The second-order valence-electron chi connectivity index (χ2n) is 3.34. The standard InChI is InChI=1S/C10H13NO.ClH/c12-11-10-6-5-8-3-1-2-4-9(8)7-10;/h1-4,10-12H,5-7H2;1H.